The van der Waals surface area contributed by atoms with Crippen LogP contribution < -0.4 is 5.32 Å². The van der Waals surface area contributed by atoms with Gasteiger partial charge in [0.15, 0.2) is 0 Å². The third-order valence-corrected chi connectivity index (χ3v) is 4.33. The van der Waals surface area contributed by atoms with Gasteiger partial charge >= 0.3 is 0 Å². The van der Waals surface area contributed by atoms with Crippen LogP contribution in [0, 0.1) is 5.92 Å². The van der Waals surface area contributed by atoms with E-state index in [0.717, 1.165) is 32.1 Å². The van der Waals surface area contributed by atoms with E-state index in [1.165, 1.54) is 23.3 Å². The van der Waals surface area contributed by atoms with Crippen molar-refractivity contribution in [3.63, 3.8) is 0 Å². The molecule has 0 spiro atoms. The number of benzene rings is 1. The molecule has 0 radical (unpaired) electrons. The molecule has 1 aromatic rings. The fraction of sp³-hybridized carbons (Fsp3) is 0.625. The maximum Gasteiger partial charge on any atom is 0.0494 e. The van der Waals surface area contributed by atoms with E-state index in [2.05, 4.69) is 42.8 Å². The molecule has 1 aromatic carbocycles. The van der Waals surface area contributed by atoms with Crippen LogP contribution in [0.4, 0.5) is 0 Å². The zero-order valence-electron chi connectivity index (χ0n) is 12.0. The number of thioether (sulfide) groups is 1. The van der Waals surface area contributed by atoms with Crippen molar-refractivity contribution in [2.75, 3.05) is 26.0 Å². The molecule has 2 nitrogen and oxygen atoms in total. The maximum absolute atomic E-state index is 5.63. The van der Waals surface area contributed by atoms with Crippen LogP contribution in [-0.2, 0) is 4.74 Å². The van der Waals surface area contributed by atoms with Gasteiger partial charge in [0, 0.05) is 24.2 Å². The van der Waals surface area contributed by atoms with Gasteiger partial charge in [-0.1, -0.05) is 12.1 Å². The molecule has 0 aromatic heterocycles. The molecule has 0 heterocycles. The normalized spacial score (nSPS) is 16.5. The number of rotatable bonds is 9. The monoisotopic (exact) mass is 279 g/mol. The molecule has 1 aliphatic rings. The van der Waals surface area contributed by atoms with Gasteiger partial charge in [0.1, 0.15) is 0 Å². The Morgan fingerprint density at radius 3 is 2.68 bits per heavy atom. The second kappa shape index (κ2) is 7.93. The van der Waals surface area contributed by atoms with Crippen LogP contribution in [0.15, 0.2) is 29.2 Å². The van der Waals surface area contributed by atoms with Crippen LogP contribution in [0.2, 0.25) is 0 Å². The summed E-state index contributed by atoms with van der Waals surface area (Å²) in [5, 5.41) is 3.55. The Hall–Kier alpha value is -0.510. The van der Waals surface area contributed by atoms with Gasteiger partial charge in [-0.3, -0.25) is 0 Å². The van der Waals surface area contributed by atoms with Crippen LogP contribution in [0.25, 0.3) is 0 Å². The molecule has 1 unspecified atom stereocenters. The minimum absolute atomic E-state index is 0.416. The van der Waals surface area contributed by atoms with Crippen molar-refractivity contribution in [3.8, 4) is 0 Å². The summed E-state index contributed by atoms with van der Waals surface area (Å²) in [6, 6.07) is 9.23. The Morgan fingerprint density at radius 1 is 1.32 bits per heavy atom. The van der Waals surface area contributed by atoms with Gasteiger partial charge in [0.05, 0.1) is 0 Å². The van der Waals surface area contributed by atoms with E-state index < -0.39 is 0 Å². The highest BCUT2D eigenvalue weighted by atomic mass is 32.2. The summed E-state index contributed by atoms with van der Waals surface area (Å²) in [7, 11) is 0. The lowest BCUT2D eigenvalue weighted by Gasteiger charge is -2.14. The summed E-state index contributed by atoms with van der Waals surface area (Å²) in [4.78, 5) is 1.32. The first-order valence-corrected chi connectivity index (χ1v) is 8.47. The number of hydrogen-bond acceptors (Lipinski definition) is 3. The van der Waals surface area contributed by atoms with Gasteiger partial charge in [0.25, 0.3) is 0 Å². The van der Waals surface area contributed by atoms with E-state index in [0.29, 0.717) is 6.04 Å². The second-order valence-corrected chi connectivity index (χ2v) is 6.20. The Kier molecular flexibility index (Phi) is 6.21. The minimum atomic E-state index is 0.416. The fourth-order valence-corrected chi connectivity index (χ4v) is 2.45. The van der Waals surface area contributed by atoms with E-state index in [1.807, 2.05) is 0 Å². The first kappa shape index (κ1) is 14.9. The largest absolute Gasteiger partial charge is 0.381 e. The molecule has 0 saturated heterocycles. The first-order valence-electron chi connectivity index (χ1n) is 7.24. The lowest BCUT2D eigenvalue weighted by Crippen LogP contribution is -2.21. The summed E-state index contributed by atoms with van der Waals surface area (Å²) in [6.45, 7) is 5.11. The van der Waals surface area contributed by atoms with Crippen LogP contribution in [-0.4, -0.2) is 26.0 Å². The Labute approximate surface area is 121 Å². The van der Waals surface area contributed by atoms with Gasteiger partial charge < -0.3 is 10.1 Å². The van der Waals surface area contributed by atoms with E-state index in [1.54, 1.807) is 11.8 Å². The van der Waals surface area contributed by atoms with E-state index in [4.69, 9.17) is 4.74 Å². The predicted molar refractivity (Wildman–Crippen MR) is 82.8 cm³/mol. The number of hydrogen-bond donors (Lipinski definition) is 1. The Balaban J connectivity index is 1.58. The average molecular weight is 279 g/mol. The highest BCUT2D eigenvalue weighted by molar-refractivity contribution is 7.98. The zero-order valence-corrected chi connectivity index (χ0v) is 12.8. The van der Waals surface area contributed by atoms with Crippen LogP contribution >= 0.6 is 11.8 Å². The van der Waals surface area contributed by atoms with Crippen LogP contribution in [0.3, 0.4) is 0 Å². The third kappa shape index (κ3) is 5.55. The molecular weight excluding hydrogens is 254 g/mol. The lowest BCUT2D eigenvalue weighted by atomic mass is 10.1. The smallest absolute Gasteiger partial charge is 0.0494 e. The number of nitrogens with one attached hydrogen (secondary N) is 1. The van der Waals surface area contributed by atoms with Crippen LogP contribution in [0.1, 0.15) is 37.8 Å². The topological polar surface area (TPSA) is 21.3 Å². The second-order valence-electron chi connectivity index (χ2n) is 5.32. The van der Waals surface area contributed by atoms with E-state index in [-0.39, 0.29) is 0 Å². The molecule has 0 aliphatic heterocycles. The predicted octanol–water partition coefficient (Wildman–Crippen LogP) is 3.88. The molecular formula is C16H25NOS. The summed E-state index contributed by atoms with van der Waals surface area (Å²) < 4.78 is 5.63. The summed E-state index contributed by atoms with van der Waals surface area (Å²) in [5.41, 5.74) is 1.36. The van der Waals surface area contributed by atoms with Crippen molar-refractivity contribution >= 4 is 11.8 Å². The van der Waals surface area contributed by atoms with E-state index >= 15 is 0 Å². The highest BCUT2D eigenvalue weighted by Crippen LogP contribution is 2.28. The standard InChI is InChI=1S/C16H25NOS/c1-13(15-6-8-16(19-2)9-7-15)17-10-3-11-18-12-14-4-5-14/h6-9,13-14,17H,3-5,10-12H2,1-2H3. The molecule has 1 saturated carbocycles. The van der Waals surface area contributed by atoms with Gasteiger partial charge in [0.2, 0.25) is 0 Å². The molecule has 3 heteroatoms. The fourth-order valence-electron chi connectivity index (χ4n) is 2.04. The summed E-state index contributed by atoms with van der Waals surface area (Å²) >= 11 is 1.79. The van der Waals surface area contributed by atoms with Crippen LogP contribution in [0.5, 0.6) is 0 Å². The van der Waals surface area contributed by atoms with Crippen molar-refractivity contribution in [3.05, 3.63) is 29.8 Å². The summed E-state index contributed by atoms with van der Waals surface area (Å²) in [6.07, 6.45) is 5.96. The molecule has 1 fully saturated rings. The summed E-state index contributed by atoms with van der Waals surface area (Å²) in [5.74, 6) is 0.877. The zero-order chi connectivity index (χ0) is 13.5. The first-order chi connectivity index (χ1) is 9.29. The third-order valence-electron chi connectivity index (χ3n) is 3.58. The quantitative estimate of drug-likeness (QED) is 0.547. The molecule has 1 aliphatic carbocycles. The van der Waals surface area contributed by atoms with Crippen molar-refractivity contribution < 1.29 is 4.74 Å². The lowest BCUT2D eigenvalue weighted by molar-refractivity contribution is 0.121. The average Bonchev–Trinajstić information content (AvgIpc) is 3.26. The van der Waals surface area contributed by atoms with Gasteiger partial charge in [-0.25, -0.2) is 0 Å². The minimum Gasteiger partial charge on any atom is -0.381 e. The molecule has 0 bridgehead atoms. The van der Waals surface area contributed by atoms with E-state index in [9.17, 15) is 0 Å². The highest BCUT2D eigenvalue weighted by Gasteiger charge is 2.20. The van der Waals surface area contributed by atoms with Gasteiger partial charge in [-0.2, -0.15) is 0 Å². The molecule has 2 rings (SSSR count). The van der Waals surface area contributed by atoms with Gasteiger partial charge in [-0.15, -0.1) is 11.8 Å². The van der Waals surface area contributed by atoms with Crippen molar-refractivity contribution in [2.24, 2.45) is 5.92 Å². The Bertz CT molecular complexity index is 362. The SMILES string of the molecule is CSc1ccc(C(C)NCCCOCC2CC2)cc1. The molecule has 106 valence electrons. The van der Waals surface area contributed by atoms with Crippen molar-refractivity contribution in [1.29, 1.82) is 0 Å². The molecule has 19 heavy (non-hydrogen) atoms. The maximum atomic E-state index is 5.63. The molecule has 0 amide bonds. The van der Waals surface area contributed by atoms with Gasteiger partial charge in [-0.05, 0) is 62.6 Å². The molecule has 1 N–H and O–H groups in total. The number of ether oxygens (including phenoxy) is 1. The van der Waals surface area contributed by atoms with Crippen molar-refractivity contribution in [1.82, 2.24) is 5.32 Å². The van der Waals surface area contributed by atoms with Crippen molar-refractivity contribution in [2.45, 2.75) is 37.1 Å². The molecule has 1 atom stereocenters. The Morgan fingerprint density at radius 2 is 2.05 bits per heavy atom.